The second kappa shape index (κ2) is 5.79. The van der Waals surface area contributed by atoms with Gasteiger partial charge in [0, 0.05) is 38.9 Å². The number of fused-ring (bicyclic) bond motifs is 2. The van der Waals surface area contributed by atoms with E-state index in [1.54, 1.807) is 0 Å². The van der Waals surface area contributed by atoms with Gasteiger partial charge in [0.05, 0.1) is 11.4 Å². The zero-order valence-corrected chi connectivity index (χ0v) is 14.5. The van der Waals surface area contributed by atoms with Gasteiger partial charge < -0.3 is 4.98 Å². The number of aryl methyl sites for hydroxylation is 1. The number of allylic oxidation sites excluding steroid dienone is 1. The molecule has 1 N–H and O–H groups in total. The molecule has 0 saturated carbocycles. The molecule has 0 atom stereocenters. The standard InChI is InChI=1S/C22H22N2/c1-4-9-20(21-18-12-7-5-10-16(18)14(2)23-21)22-19-13-8-6-11-17(19)15(3)24-22/h5-8,10-13,23H,4,9H2,1-3H3/b22-20+. The van der Waals surface area contributed by atoms with Crippen LogP contribution >= 0.6 is 0 Å². The maximum absolute atomic E-state index is 4.94. The van der Waals surface area contributed by atoms with Crippen LogP contribution < -0.4 is 0 Å². The van der Waals surface area contributed by atoms with Gasteiger partial charge in [-0.3, -0.25) is 4.99 Å². The van der Waals surface area contributed by atoms with Crippen LogP contribution in [0.15, 0.2) is 53.5 Å². The number of H-pyrrole nitrogens is 1. The summed E-state index contributed by atoms with van der Waals surface area (Å²) in [6, 6.07) is 17.2. The number of aromatic amines is 1. The van der Waals surface area contributed by atoms with Crippen molar-refractivity contribution in [3.8, 4) is 0 Å². The molecule has 120 valence electrons. The van der Waals surface area contributed by atoms with Crippen molar-refractivity contribution in [1.29, 1.82) is 0 Å². The fourth-order valence-electron chi connectivity index (χ4n) is 3.72. The second-order valence-electron chi connectivity index (χ2n) is 6.49. The first-order valence-electron chi connectivity index (χ1n) is 8.66. The molecule has 0 amide bonds. The van der Waals surface area contributed by atoms with E-state index in [2.05, 4.69) is 74.3 Å². The van der Waals surface area contributed by atoms with E-state index in [1.165, 1.54) is 38.9 Å². The molecule has 3 aromatic rings. The van der Waals surface area contributed by atoms with Gasteiger partial charge in [-0.1, -0.05) is 61.9 Å². The van der Waals surface area contributed by atoms with Gasteiger partial charge >= 0.3 is 0 Å². The molecule has 0 saturated heterocycles. The highest BCUT2D eigenvalue weighted by molar-refractivity contribution is 6.14. The summed E-state index contributed by atoms with van der Waals surface area (Å²) in [5.41, 5.74) is 8.54. The van der Waals surface area contributed by atoms with E-state index in [4.69, 9.17) is 4.99 Å². The molecular formula is C22H22N2. The van der Waals surface area contributed by atoms with Crippen molar-refractivity contribution in [2.75, 3.05) is 0 Å². The van der Waals surface area contributed by atoms with Crippen LogP contribution in [0.4, 0.5) is 0 Å². The number of nitrogens with zero attached hydrogens (tertiary/aromatic N) is 1. The normalized spacial score (nSPS) is 15.5. The van der Waals surface area contributed by atoms with Gasteiger partial charge in [-0.25, -0.2) is 0 Å². The quantitative estimate of drug-likeness (QED) is 0.617. The van der Waals surface area contributed by atoms with Crippen molar-refractivity contribution < 1.29 is 0 Å². The van der Waals surface area contributed by atoms with Crippen LogP contribution in [-0.2, 0) is 0 Å². The Labute approximate surface area is 142 Å². The van der Waals surface area contributed by atoms with Crippen molar-refractivity contribution in [2.45, 2.75) is 33.6 Å². The molecule has 0 fully saturated rings. The predicted octanol–water partition coefficient (Wildman–Crippen LogP) is 5.97. The van der Waals surface area contributed by atoms with E-state index < -0.39 is 0 Å². The largest absolute Gasteiger partial charge is 0.358 e. The third-order valence-corrected chi connectivity index (χ3v) is 4.85. The summed E-state index contributed by atoms with van der Waals surface area (Å²) >= 11 is 0. The molecule has 0 radical (unpaired) electrons. The number of aliphatic imine (C=N–C) groups is 1. The van der Waals surface area contributed by atoms with E-state index in [9.17, 15) is 0 Å². The molecule has 24 heavy (non-hydrogen) atoms. The Morgan fingerprint density at radius 1 is 0.917 bits per heavy atom. The summed E-state index contributed by atoms with van der Waals surface area (Å²) < 4.78 is 0. The topological polar surface area (TPSA) is 28.1 Å². The molecule has 0 bridgehead atoms. The van der Waals surface area contributed by atoms with Crippen LogP contribution in [0.3, 0.4) is 0 Å². The average molecular weight is 314 g/mol. The average Bonchev–Trinajstić information content (AvgIpc) is 3.12. The Morgan fingerprint density at radius 2 is 1.58 bits per heavy atom. The molecular weight excluding hydrogens is 292 g/mol. The first-order chi connectivity index (χ1) is 11.7. The molecule has 2 heterocycles. The Morgan fingerprint density at radius 3 is 2.33 bits per heavy atom. The van der Waals surface area contributed by atoms with Gasteiger partial charge in [0.15, 0.2) is 0 Å². The Hall–Kier alpha value is -2.61. The lowest BCUT2D eigenvalue weighted by Gasteiger charge is -2.10. The fourth-order valence-corrected chi connectivity index (χ4v) is 3.72. The maximum atomic E-state index is 4.94. The summed E-state index contributed by atoms with van der Waals surface area (Å²) in [7, 11) is 0. The van der Waals surface area contributed by atoms with Gasteiger partial charge in [-0.05, 0) is 20.3 Å². The molecule has 1 aromatic heterocycles. The summed E-state index contributed by atoms with van der Waals surface area (Å²) in [5.74, 6) is 0. The summed E-state index contributed by atoms with van der Waals surface area (Å²) in [4.78, 5) is 8.58. The summed E-state index contributed by atoms with van der Waals surface area (Å²) in [6.07, 6.45) is 2.12. The molecule has 2 heteroatoms. The lowest BCUT2D eigenvalue weighted by molar-refractivity contribution is 0.967. The van der Waals surface area contributed by atoms with Crippen molar-refractivity contribution in [3.63, 3.8) is 0 Å². The summed E-state index contributed by atoms with van der Waals surface area (Å²) in [5, 5.41) is 2.59. The Bertz CT molecular complexity index is 986. The van der Waals surface area contributed by atoms with Crippen molar-refractivity contribution >= 4 is 27.8 Å². The number of benzene rings is 2. The van der Waals surface area contributed by atoms with Crippen LogP contribution in [0.1, 0.15) is 49.2 Å². The fraction of sp³-hybridized carbons (Fsp3) is 0.227. The summed E-state index contributed by atoms with van der Waals surface area (Å²) in [6.45, 7) is 6.49. The van der Waals surface area contributed by atoms with Gasteiger partial charge in [0.2, 0.25) is 0 Å². The highest BCUT2D eigenvalue weighted by atomic mass is 14.8. The highest BCUT2D eigenvalue weighted by Gasteiger charge is 2.22. The minimum absolute atomic E-state index is 1.02. The smallest absolute Gasteiger partial charge is 0.0765 e. The monoisotopic (exact) mass is 314 g/mol. The predicted molar refractivity (Wildman–Crippen MR) is 103 cm³/mol. The molecule has 1 aliphatic heterocycles. The maximum Gasteiger partial charge on any atom is 0.0765 e. The van der Waals surface area contributed by atoms with Crippen LogP contribution in [-0.4, -0.2) is 10.7 Å². The first-order valence-corrected chi connectivity index (χ1v) is 8.66. The van der Waals surface area contributed by atoms with E-state index in [0.717, 1.165) is 24.3 Å². The Balaban J connectivity index is 2.02. The first kappa shape index (κ1) is 14.9. The van der Waals surface area contributed by atoms with Crippen LogP contribution in [0.25, 0.3) is 22.0 Å². The molecule has 1 aliphatic rings. The molecule has 2 aromatic carbocycles. The van der Waals surface area contributed by atoms with Gasteiger partial charge in [-0.15, -0.1) is 0 Å². The third-order valence-electron chi connectivity index (χ3n) is 4.85. The highest BCUT2D eigenvalue weighted by Crippen LogP contribution is 2.39. The minimum atomic E-state index is 1.02. The Kier molecular flexibility index (Phi) is 3.61. The lowest BCUT2D eigenvalue weighted by atomic mass is 9.96. The molecule has 4 rings (SSSR count). The number of rotatable bonds is 3. The zero-order valence-electron chi connectivity index (χ0n) is 14.5. The molecule has 0 spiro atoms. The number of nitrogens with one attached hydrogen (secondary N) is 1. The molecule has 0 unspecified atom stereocenters. The van der Waals surface area contributed by atoms with Crippen LogP contribution in [0.5, 0.6) is 0 Å². The second-order valence-corrected chi connectivity index (χ2v) is 6.49. The number of hydrogen-bond donors (Lipinski definition) is 1. The molecule has 0 aliphatic carbocycles. The van der Waals surface area contributed by atoms with Gasteiger partial charge in [0.25, 0.3) is 0 Å². The van der Waals surface area contributed by atoms with E-state index >= 15 is 0 Å². The number of hydrogen-bond acceptors (Lipinski definition) is 1. The third kappa shape index (κ3) is 2.22. The van der Waals surface area contributed by atoms with Gasteiger partial charge in [-0.2, -0.15) is 0 Å². The van der Waals surface area contributed by atoms with Crippen molar-refractivity contribution in [1.82, 2.24) is 4.98 Å². The van der Waals surface area contributed by atoms with Crippen molar-refractivity contribution in [2.24, 2.45) is 4.99 Å². The van der Waals surface area contributed by atoms with E-state index in [1.807, 2.05) is 0 Å². The van der Waals surface area contributed by atoms with Gasteiger partial charge in [0.1, 0.15) is 0 Å². The van der Waals surface area contributed by atoms with Crippen LogP contribution in [0.2, 0.25) is 0 Å². The number of aromatic nitrogens is 1. The lowest BCUT2D eigenvalue weighted by Crippen LogP contribution is -1.92. The molecule has 2 nitrogen and oxygen atoms in total. The van der Waals surface area contributed by atoms with Crippen LogP contribution in [0, 0.1) is 6.92 Å². The van der Waals surface area contributed by atoms with Crippen molar-refractivity contribution in [3.05, 3.63) is 71.0 Å². The zero-order chi connectivity index (χ0) is 16.7. The minimum Gasteiger partial charge on any atom is -0.358 e. The van der Waals surface area contributed by atoms with E-state index in [-0.39, 0.29) is 0 Å². The SMILES string of the molecule is CCC/C(=C1\N=C(C)c2ccccc21)c1[nH]c(C)c2ccccc12. The van der Waals surface area contributed by atoms with E-state index in [0.29, 0.717) is 0 Å².